The van der Waals surface area contributed by atoms with E-state index in [2.05, 4.69) is 36.7 Å². The molecule has 60 heavy (non-hydrogen) atoms. The molecule has 0 N–H and O–H groups in total. The molecule has 0 unspecified atom stereocenters. The second-order valence-electron chi connectivity index (χ2n) is 17.5. The van der Waals surface area contributed by atoms with Gasteiger partial charge in [0.05, 0.1) is 19.5 Å². The molecule has 0 atom stereocenters. The first-order valence-electron chi connectivity index (χ1n) is 24.8. The third-order valence-electron chi connectivity index (χ3n) is 12.5. The lowest BCUT2D eigenvalue weighted by Crippen LogP contribution is -2.14. The zero-order valence-corrected chi connectivity index (χ0v) is 40.9. The van der Waals surface area contributed by atoms with Crippen LogP contribution in [-0.2, 0) is 12.8 Å². The van der Waals surface area contributed by atoms with Crippen molar-refractivity contribution in [3.63, 3.8) is 0 Å². The Morgan fingerprint density at radius 1 is 0.367 bits per heavy atom. The average Bonchev–Trinajstić information content (AvgIpc) is 4.09. The largest absolute Gasteiger partial charge is 0.485 e. The summed E-state index contributed by atoms with van der Waals surface area (Å²) in [5.41, 5.74) is 2.95. The van der Waals surface area contributed by atoms with Crippen LogP contribution in [-0.4, -0.2) is 26.4 Å². The fourth-order valence-electron chi connectivity index (χ4n) is 8.92. The van der Waals surface area contributed by atoms with E-state index in [0.29, 0.717) is 26.4 Å². The summed E-state index contributed by atoms with van der Waals surface area (Å²) in [5, 5.41) is 4.30. The maximum atomic E-state index is 6.26. The Hall–Kier alpha value is -2.00. The summed E-state index contributed by atoms with van der Waals surface area (Å²) in [6, 6.07) is 5.04. The van der Waals surface area contributed by atoms with E-state index in [1.807, 2.05) is 22.7 Å². The number of ether oxygens (including phenoxy) is 4. The lowest BCUT2D eigenvalue weighted by molar-refractivity contribution is 0.174. The third kappa shape index (κ3) is 15.1. The minimum atomic E-state index is 0.622. The summed E-state index contributed by atoms with van der Waals surface area (Å²) < 4.78 is 24.6. The number of fused-ring (bicyclic) bond motifs is 2. The second-order valence-corrected chi connectivity index (χ2v) is 21.4. The summed E-state index contributed by atoms with van der Waals surface area (Å²) >= 11 is 7.49. The van der Waals surface area contributed by atoms with Crippen molar-refractivity contribution in [3.05, 3.63) is 34.0 Å². The number of hydrogen-bond donors (Lipinski definition) is 0. The predicted molar refractivity (Wildman–Crippen MR) is 264 cm³/mol. The zero-order valence-electron chi connectivity index (χ0n) is 37.6. The third-order valence-corrected chi connectivity index (χ3v) is 17.2. The lowest BCUT2D eigenvalue weighted by atomic mass is 10.0. The van der Waals surface area contributed by atoms with Crippen molar-refractivity contribution in [2.75, 3.05) is 26.4 Å². The highest BCUT2D eigenvalue weighted by Gasteiger charge is 2.27. The van der Waals surface area contributed by atoms with Gasteiger partial charge in [-0.2, -0.15) is 0 Å². The van der Waals surface area contributed by atoms with Crippen LogP contribution in [0.3, 0.4) is 0 Å². The number of unbranched alkanes of at least 4 members (excludes halogenated alkanes) is 26. The smallest absolute Gasteiger partial charge is 0.180 e. The first-order chi connectivity index (χ1) is 29.8. The zero-order chi connectivity index (χ0) is 41.5. The fraction of sp³-hybridized carbons (Fsp3) is 0.692. The molecule has 2 aliphatic heterocycles. The molecule has 4 aromatic heterocycles. The number of rotatable bonds is 33. The van der Waals surface area contributed by atoms with Gasteiger partial charge in [-0.3, -0.25) is 0 Å². The molecule has 6 heterocycles. The highest BCUT2D eigenvalue weighted by atomic mass is 32.1. The molecular weight excluding hydrogens is 817 g/mol. The quantitative estimate of drug-likeness (QED) is 0.0447. The minimum absolute atomic E-state index is 0.622. The molecule has 4 nitrogen and oxygen atoms in total. The summed E-state index contributed by atoms with van der Waals surface area (Å²) in [6.45, 7) is 7.12. The van der Waals surface area contributed by atoms with Crippen LogP contribution < -0.4 is 18.9 Å². The molecule has 0 bridgehead atoms. The highest BCUT2D eigenvalue weighted by Crippen LogP contribution is 2.54. The van der Waals surface area contributed by atoms with Crippen LogP contribution >= 0.6 is 45.3 Å². The van der Waals surface area contributed by atoms with E-state index < -0.39 is 0 Å². The van der Waals surface area contributed by atoms with E-state index in [1.165, 1.54) is 220 Å². The molecule has 0 fully saturated rings. The van der Waals surface area contributed by atoms with Gasteiger partial charge in [-0.25, -0.2) is 0 Å². The Labute approximate surface area is 381 Å². The summed E-state index contributed by atoms with van der Waals surface area (Å²) in [5.74, 6) is 3.73. The van der Waals surface area contributed by atoms with Crippen LogP contribution in [0.15, 0.2) is 22.9 Å². The lowest BCUT2D eigenvalue weighted by Gasteiger charge is -2.16. The second kappa shape index (κ2) is 27.9. The Morgan fingerprint density at radius 3 is 1.00 bits per heavy atom. The summed E-state index contributed by atoms with van der Waals surface area (Å²) in [6.07, 6.45) is 41.1. The van der Waals surface area contributed by atoms with Crippen molar-refractivity contribution in [1.29, 1.82) is 0 Å². The Morgan fingerprint density at radius 2 is 0.667 bits per heavy atom. The van der Waals surface area contributed by atoms with Gasteiger partial charge in [0, 0.05) is 20.5 Å². The van der Waals surface area contributed by atoms with Crippen LogP contribution in [0, 0.1) is 0 Å². The normalized spacial score (nSPS) is 13.4. The number of aryl methyl sites for hydroxylation is 2. The van der Waals surface area contributed by atoms with Crippen molar-refractivity contribution in [2.24, 2.45) is 0 Å². The van der Waals surface area contributed by atoms with Crippen molar-refractivity contribution in [3.8, 4) is 52.3 Å². The topological polar surface area (TPSA) is 36.9 Å². The molecule has 334 valence electrons. The summed E-state index contributed by atoms with van der Waals surface area (Å²) in [7, 11) is 0. The Kier molecular flexibility index (Phi) is 22.1. The van der Waals surface area contributed by atoms with E-state index in [4.69, 9.17) is 18.9 Å². The molecule has 0 spiro atoms. The van der Waals surface area contributed by atoms with Gasteiger partial charge in [-0.15, -0.1) is 45.3 Å². The maximum absolute atomic E-state index is 6.26. The molecule has 0 aromatic carbocycles. The number of thiophene rings is 4. The van der Waals surface area contributed by atoms with Crippen molar-refractivity contribution < 1.29 is 18.9 Å². The van der Waals surface area contributed by atoms with Gasteiger partial charge in [0.1, 0.15) is 26.4 Å². The standard InChI is InChI=1S/C52H78O4S4/c1-3-5-7-9-11-13-15-17-19-21-23-25-27-29-31-41-37-45(59-49(41)51-47-43(39-57-51)53-33-35-55-47)46-38-42(50(60-46)52-48-44(40-58-52)54-34-36-56-48)32-30-28-26-24-22-20-18-16-14-12-10-8-6-4-2/h37-40H,3-36H2,1-2H3. The van der Waals surface area contributed by atoms with Crippen LogP contribution in [0.25, 0.3) is 29.3 Å². The van der Waals surface area contributed by atoms with Crippen molar-refractivity contribution in [1.82, 2.24) is 0 Å². The van der Waals surface area contributed by atoms with E-state index >= 15 is 0 Å². The van der Waals surface area contributed by atoms with Crippen molar-refractivity contribution in [2.45, 2.75) is 206 Å². The molecule has 0 saturated carbocycles. The molecule has 8 heteroatoms. The Balaban J connectivity index is 1.05. The molecule has 6 rings (SSSR count). The first-order valence-corrected chi connectivity index (χ1v) is 28.2. The van der Waals surface area contributed by atoms with Gasteiger partial charge in [0.25, 0.3) is 0 Å². The van der Waals surface area contributed by atoms with Crippen LogP contribution in [0.1, 0.15) is 205 Å². The minimum Gasteiger partial charge on any atom is -0.485 e. The van der Waals surface area contributed by atoms with Gasteiger partial charge in [-0.1, -0.05) is 181 Å². The number of hydrogen-bond acceptors (Lipinski definition) is 8. The molecule has 0 aliphatic carbocycles. The SMILES string of the molecule is CCCCCCCCCCCCCCCCc1cc(-c2cc(CCCCCCCCCCCCCCCC)c(-c3scc4c3OCCO4)s2)sc1-c1scc2c1OCCO2. The molecule has 0 saturated heterocycles. The molecule has 0 radical (unpaired) electrons. The van der Waals surface area contributed by atoms with Gasteiger partial charge < -0.3 is 18.9 Å². The monoisotopic (exact) mass is 894 g/mol. The maximum Gasteiger partial charge on any atom is 0.180 e. The van der Waals surface area contributed by atoms with Gasteiger partial charge in [0.15, 0.2) is 23.0 Å². The van der Waals surface area contributed by atoms with E-state index in [0.717, 1.165) is 35.8 Å². The summed E-state index contributed by atoms with van der Waals surface area (Å²) in [4.78, 5) is 8.02. The predicted octanol–water partition coefficient (Wildman–Crippen LogP) is 18.5. The van der Waals surface area contributed by atoms with E-state index in [-0.39, 0.29) is 0 Å². The van der Waals surface area contributed by atoms with Gasteiger partial charge >= 0.3 is 0 Å². The molecular formula is C52H78O4S4. The van der Waals surface area contributed by atoms with Gasteiger partial charge in [-0.05, 0) is 48.9 Å². The van der Waals surface area contributed by atoms with E-state index in [9.17, 15) is 0 Å². The Bertz CT molecular complexity index is 1620. The fourth-order valence-corrected chi connectivity index (χ4v) is 13.6. The molecule has 4 aromatic rings. The van der Waals surface area contributed by atoms with Gasteiger partial charge in [0.2, 0.25) is 0 Å². The first kappa shape index (κ1) is 47.5. The van der Waals surface area contributed by atoms with Crippen LogP contribution in [0.2, 0.25) is 0 Å². The van der Waals surface area contributed by atoms with E-state index in [1.54, 1.807) is 22.7 Å². The van der Waals surface area contributed by atoms with Crippen LogP contribution in [0.5, 0.6) is 23.0 Å². The van der Waals surface area contributed by atoms with Crippen molar-refractivity contribution >= 4 is 45.3 Å². The highest BCUT2D eigenvalue weighted by molar-refractivity contribution is 7.28. The molecule has 0 amide bonds. The molecule has 2 aliphatic rings. The van der Waals surface area contributed by atoms with Crippen LogP contribution in [0.4, 0.5) is 0 Å². The average molecular weight is 895 g/mol.